The highest BCUT2D eigenvalue weighted by Crippen LogP contribution is 2.19. The number of ketones is 2. The molecule has 98 valence electrons. The van der Waals surface area contributed by atoms with Gasteiger partial charge in [-0.15, -0.1) is 0 Å². The molecule has 0 saturated heterocycles. The number of rotatable bonds is 4. The van der Waals surface area contributed by atoms with Crippen LogP contribution >= 0.6 is 0 Å². The van der Waals surface area contributed by atoms with E-state index >= 15 is 0 Å². The molecule has 0 aliphatic carbocycles. The van der Waals surface area contributed by atoms with E-state index in [-0.39, 0.29) is 18.0 Å². The molecule has 0 saturated carbocycles. The number of fused-ring (bicyclic) bond motifs is 1. The molecular formula is C17H13NO2. The molecule has 2 aromatic carbocycles. The zero-order chi connectivity index (χ0) is 13.9. The maximum absolute atomic E-state index is 12.3. The number of hydrogen-bond donors (Lipinski definition) is 1. The summed E-state index contributed by atoms with van der Waals surface area (Å²) in [5.41, 5.74) is 2.05. The van der Waals surface area contributed by atoms with Gasteiger partial charge < -0.3 is 4.98 Å². The Morgan fingerprint density at radius 2 is 1.55 bits per heavy atom. The van der Waals surface area contributed by atoms with Gasteiger partial charge in [0.2, 0.25) is 0 Å². The Labute approximate surface area is 116 Å². The van der Waals surface area contributed by atoms with Gasteiger partial charge in [-0.25, -0.2) is 0 Å². The first kappa shape index (κ1) is 12.4. The summed E-state index contributed by atoms with van der Waals surface area (Å²) in [5, 5.41) is 0.860. The third-order valence-corrected chi connectivity index (χ3v) is 3.31. The fraction of sp³-hybridized carbons (Fsp3) is 0.0588. The zero-order valence-electron chi connectivity index (χ0n) is 10.8. The molecule has 3 aromatic rings. The first-order valence-corrected chi connectivity index (χ1v) is 6.43. The molecule has 0 bridgehead atoms. The van der Waals surface area contributed by atoms with Crippen LogP contribution in [0.5, 0.6) is 0 Å². The fourth-order valence-corrected chi connectivity index (χ4v) is 2.27. The number of aromatic amines is 1. The van der Waals surface area contributed by atoms with Gasteiger partial charge in [0.05, 0.1) is 6.42 Å². The number of nitrogens with one attached hydrogen (secondary N) is 1. The van der Waals surface area contributed by atoms with Crippen molar-refractivity contribution in [2.45, 2.75) is 6.42 Å². The van der Waals surface area contributed by atoms with Crippen LogP contribution in [0, 0.1) is 0 Å². The Morgan fingerprint density at radius 1 is 0.850 bits per heavy atom. The molecule has 3 nitrogen and oxygen atoms in total. The van der Waals surface area contributed by atoms with E-state index in [1.807, 2.05) is 30.3 Å². The number of Topliss-reactive ketones (excluding diaryl/α,β-unsaturated/α-hetero) is 2. The maximum Gasteiger partial charge on any atom is 0.172 e. The Kier molecular flexibility index (Phi) is 3.17. The van der Waals surface area contributed by atoms with Gasteiger partial charge in [-0.2, -0.15) is 0 Å². The molecule has 3 rings (SSSR count). The zero-order valence-corrected chi connectivity index (χ0v) is 10.8. The van der Waals surface area contributed by atoms with Gasteiger partial charge in [-0.05, 0) is 6.07 Å². The Balaban J connectivity index is 1.85. The van der Waals surface area contributed by atoms with Crippen molar-refractivity contribution in [1.82, 2.24) is 4.98 Å². The Hall–Kier alpha value is -2.68. The van der Waals surface area contributed by atoms with Crippen LogP contribution < -0.4 is 0 Å². The second-order valence-electron chi connectivity index (χ2n) is 4.64. The first-order valence-electron chi connectivity index (χ1n) is 6.43. The molecule has 0 aliphatic rings. The summed E-state index contributed by atoms with van der Waals surface area (Å²) in [6, 6.07) is 16.5. The van der Waals surface area contributed by atoms with Crippen LogP contribution in [0.4, 0.5) is 0 Å². The van der Waals surface area contributed by atoms with E-state index in [1.54, 1.807) is 30.5 Å². The normalized spacial score (nSPS) is 10.6. The van der Waals surface area contributed by atoms with Gasteiger partial charge in [0, 0.05) is 28.2 Å². The van der Waals surface area contributed by atoms with Gasteiger partial charge in [0.15, 0.2) is 11.6 Å². The van der Waals surface area contributed by atoms with Crippen LogP contribution in [0.25, 0.3) is 10.9 Å². The fourth-order valence-electron chi connectivity index (χ4n) is 2.27. The van der Waals surface area contributed by atoms with E-state index in [1.165, 1.54) is 0 Å². The lowest BCUT2D eigenvalue weighted by Crippen LogP contribution is -2.08. The molecule has 0 aliphatic heterocycles. The smallest absolute Gasteiger partial charge is 0.172 e. The van der Waals surface area contributed by atoms with E-state index in [0.29, 0.717) is 11.1 Å². The number of H-pyrrole nitrogens is 1. The number of para-hydroxylation sites is 1. The minimum atomic E-state index is -0.156. The van der Waals surface area contributed by atoms with Crippen molar-refractivity contribution in [3.05, 3.63) is 71.9 Å². The van der Waals surface area contributed by atoms with Crippen LogP contribution in [0.2, 0.25) is 0 Å². The topological polar surface area (TPSA) is 49.9 Å². The summed E-state index contributed by atoms with van der Waals surface area (Å²) in [5.74, 6) is -0.308. The molecule has 1 N–H and O–H groups in total. The van der Waals surface area contributed by atoms with Crippen molar-refractivity contribution in [1.29, 1.82) is 0 Å². The Bertz CT molecular complexity index is 772. The number of carbonyl (C=O) groups is 2. The first-order chi connectivity index (χ1) is 9.75. The second kappa shape index (κ2) is 5.13. The Morgan fingerprint density at radius 3 is 2.35 bits per heavy atom. The van der Waals surface area contributed by atoms with E-state index < -0.39 is 0 Å². The van der Waals surface area contributed by atoms with Gasteiger partial charge >= 0.3 is 0 Å². The van der Waals surface area contributed by atoms with Gasteiger partial charge in [0.1, 0.15) is 0 Å². The van der Waals surface area contributed by atoms with Crippen LogP contribution in [0.3, 0.4) is 0 Å². The number of benzene rings is 2. The predicted molar refractivity (Wildman–Crippen MR) is 78.0 cm³/mol. The molecule has 0 spiro atoms. The minimum Gasteiger partial charge on any atom is -0.360 e. The molecule has 0 amide bonds. The molecule has 0 unspecified atom stereocenters. The summed E-state index contributed by atoms with van der Waals surface area (Å²) < 4.78 is 0. The van der Waals surface area contributed by atoms with Gasteiger partial charge in [0.25, 0.3) is 0 Å². The van der Waals surface area contributed by atoms with Crippen molar-refractivity contribution in [3.63, 3.8) is 0 Å². The molecule has 1 heterocycles. The predicted octanol–water partition coefficient (Wildman–Crippen LogP) is 3.62. The van der Waals surface area contributed by atoms with E-state index in [0.717, 1.165) is 10.9 Å². The van der Waals surface area contributed by atoms with Crippen molar-refractivity contribution < 1.29 is 9.59 Å². The monoisotopic (exact) mass is 263 g/mol. The van der Waals surface area contributed by atoms with E-state index in [9.17, 15) is 9.59 Å². The molecule has 0 atom stereocenters. The molecule has 0 radical (unpaired) electrons. The number of aromatic nitrogens is 1. The summed E-state index contributed by atoms with van der Waals surface area (Å²) in [4.78, 5) is 27.4. The average molecular weight is 263 g/mol. The molecule has 1 aromatic heterocycles. The third-order valence-electron chi connectivity index (χ3n) is 3.31. The quantitative estimate of drug-likeness (QED) is 0.577. The van der Waals surface area contributed by atoms with Crippen LogP contribution in [0.1, 0.15) is 27.1 Å². The van der Waals surface area contributed by atoms with Crippen LogP contribution in [0.15, 0.2) is 60.8 Å². The lowest BCUT2D eigenvalue weighted by atomic mass is 10.0. The van der Waals surface area contributed by atoms with Crippen molar-refractivity contribution in [2.75, 3.05) is 0 Å². The average Bonchev–Trinajstić information content (AvgIpc) is 2.92. The largest absolute Gasteiger partial charge is 0.360 e. The van der Waals surface area contributed by atoms with Gasteiger partial charge in [-0.1, -0.05) is 48.5 Å². The molecule has 0 fully saturated rings. The van der Waals surface area contributed by atoms with E-state index in [4.69, 9.17) is 0 Å². The highest BCUT2D eigenvalue weighted by Gasteiger charge is 2.16. The van der Waals surface area contributed by atoms with Gasteiger partial charge in [-0.3, -0.25) is 9.59 Å². The van der Waals surface area contributed by atoms with Crippen molar-refractivity contribution >= 4 is 22.5 Å². The lowest BCUT2D eigenvalue weighted by molar-refractivity contribution is 0.0895. The highest BCUT2D eigenvalue weighted by molar-refractivity contribution is 6.17. The third kappa shape index (κ3) is 2.26. The lowest BCUT2D eigenvalue weighted by Gasteiger charge is -2.00. The van der Waals surface area contributed by atoms with Crippen molar-refractivity contribution in [3.8, 4) is 0 Å². The number of carbonyl (C=O) groups excluding carboxylic acids is 2. The summed E-state index contributed by atoms with van der Waals surface area (Å²) in [6.07, 6.45) is 1.57. The standard InChI is InChI=1S/C17H13NO2/c19-16(12-6-2-1-3-7-12)10-17(20)14-11-18-15-9-5-4-8-13(14)15/h1-9,11,18H,10H2. The summed E-state index contributed by atoms with van der Waals surface area (Å²) >= 11 is 0. The summed E-state index contributed by atoms with van der Waals surface area (Å²) in [6.45, 7) is 0. The molecule has 3 heteroatoms. The molecular weight excluding hydrogens is 250 g/mol. The van der Waals surface area contributed by atoms with Crippen molar-refractivity contribution in [2.24, 2.45) is 0 Å². The van der Waals surface area contributed by atoms with E-state index in [2.05, 4.69) is 4.98 Å². The van der Waals surface area contributed by atoms with Crippen LogP contribution in [-0.2, 0) is 0 Å². The highest BCUT2D eigenvalue weighted by atomic mass is 16.1. The maximum atomic E-state index is 12.3. The minimum absolute atomic E-state index is 0.105. The molecule has 20 heavy (non-hydrogen) atoms. The summed E-state index contributed by atoms with van der Waals surface area (Å²) in [7, 11) is 0. The number of hydrogen-bond acceptors (Lipinski definition) is 2. The second-order valence-corrected chi connectivity index (χ2v) is 4.64. The SMILES string of the molecule is O=C(CC(=O)c1c[nH]c2ccccc12)c1ccccc1. The van der Waals surface area contributed by atoms with Crippen LogP contribution in [-0.4, -0.2) is 16.6 Å².